The van der Waals surface area contributed by atoms with Gasteiger partial charge in [0.2, 0.25) is 0 Å². The van der Waals surface area contributed by atoms with Crippen molar-refractivity contribution < 1.29 is 19.2 Å². The first kappa shape index (κ1) is 14.2. The number of methoxy groups -OCH3 is 2. The second kappa shape index (κ2) is 5.55. The number of hydrogen-bond donors (Lipinski definition) is 0. The Hall–Kier alpha value is -2.76. The number of nitrogens with zero attached hydrogens (tertiary/aromatic N) is 2. The molecule has 0 radical (unpaired) electrons. The molecular formula is C16H16N2O4. The molecular weight excluding hydrogens is 284 g/mol. The van der Waals surface area contributed by atoms with Crippen LogP contribution in [0.3, 0.4) is 0 Å². The van der Waals surface area contributed by atoms with Crippen molar-refractivity contribution in [1.82, 2.24) is 0 Å². The molecule has 1 aliphatic rings. The molecule has 0 saturated heterocycles. The molecule has 0 aliphatic carbocycles. The van der Waals surface area contributed by atoms with Crippen molar-refractivity contribution in [2.45, 2.75) is 12.8 Å². The van der Waals surface area contributed by atoms with Crippen LogP contribution in [0, 0.1) is 10.4 Å². The molecule has 0 saturated carbocycles. The zero-order chi connectivity index (χ0) is 15.7. The molecule has 0 unspecified atom stereocenters. The minimum Gasteiger partial charge on any atom is -0.561 e. The van der Waals surface area contributed by atoms with Gasteiger partial charge in [-0.15, -0.1) is 0 Å². The minimum atomic E-state index is 0.345. The molecule has 22 heavy (non-hydrogen) atoms. The molecule has 2 aromatic carbocycles. The van der Waals surface area contributed by atoms with Crippen molar-refractivity contribution in [2.24, 2.45) is 0 Å². The number of aryl methyl sites for hydroxylation is 2. The van der Waals surface area contributed by atoms with Gasteiger partial charge in [0.15, 0.2) is 0 Å². The van der Waals surface area contributed by atoms with E-state index in [2.05, 4.69) is 0 Å². The molecule has 0 atom stereocenters. The third kappa shape index (κ3) is 2.32. The van der Waals surface area contributed by atoms with E-state index in [0.29, 0.717) is 45.4 Å². The van der Waals surface area contributed by atoms with Crippen LogP contribution in [-0.4, -0.2) is 23.9 Å². The van der Waals surface area contributed by atoms with Crippen molar-refractivity contribution in [2.75, 3.05) is 14.2 Å². The Labute approximate surface area is 128 Å². The van der Waals surface area contributed by atoms with Gasteiger partial charge in [0.25, 0.3) is 11.4 Å². The van der Waals surface area contributed by atoms with Crippen molar-refractivity contribution >= 4 is 11.4 Å². The Morgan fingerprint density at radius 1 is 0.773 bits per heavy atom. The third-order valence-corrected chi connectivity index (χ3v) is 3.81. The summed E-state index contributed by atoms with van der Waals surface area (Å²) in [5.41, 5.74) is 2.25. The van der Waals surface area contributed by atoms with Crippen LogP contribution < -0.4 is 9.47 Å². The summed E-state index contributed by atoms with van der Waals surface area (Å²) in [4.78, 5) is 0.748. The standard InChI is InChI=1S/C16H16N2O4/c1-21-13-5-7-15-11(9-13)3-4-12-10-14(22-2)6-8-16(12)18(20)17(15)19/h5-10H,3-4H2,1-2H3/b18-17-. The van der Waals surface area contributed by atoms with E-state index in [9.17, 15) is 10.4 Å². The number of benzene rings is 2. The molecule has 2 aromatic rings. The van der Waals surface area contributed by atoms with Crippen molar-refractivity contribution in [3.05, 3.63) is 57.9 Å². The Morgan fingerprint density at radius 2 is 1.18 bits per heavy atom. The van der Waals surface area contributed by atoms with E-state index >= 15 is 0 Å². The topological polar surface area (TPSA) is 70.6 Å². The van der Waals surface area contributed by atoms with E-state index in [0.717, 1.165) is 11.1 Å². The van der Waals surface area contributed by atoms with Crippen LogP contribution in [0.25, 0.3) is 0 Å². The van der Waals surface area contributed by atoms with Gasteiger partial charge in [-0.05, 0) is 37.1 Å². The van der Waals surface area contributed by atoms with Gasteiger partial charge in [-0.1, -0.05) is 0 Å². The Bertz CT molecular complexity index is 692. The van der Waals surface area contributed by atoms with Gasteiger partial charge in [-0.3, -0.25) is 0 Å². The number of hydrogen-bond acceptors (Lipinski definition) is 4. The first-order valence-corrected chi connectivity index (χ1v) is 6.92. The molecule has 0 fully saturated rings. The summed E-state index contributed by atoms with van der Waals surface area (Å²) >= 11 is 0. The fourth-order valence-electron chi connectivity index (χ4n) is 2.62. The molecule has 114 valence electrons. The molecule has 3 rings (SSSR count). The monoisotopic (exact) mass is 300 g/mol. The maximum absolute atomic E-state index is 12.4. The van der Waals surface area contributed by atoms with Crippen LogP contribution in [0.5, 0.6) is 11.5 Å². The highest BCUT2D eigenvalue weighted by Crippen LogP contribution is 2.32. The number of ether oxygens (including phenoxy) is 2. The summed E-state index contributed by atoms with van der Waals surface area (Å²) in [6.45, 7) is 0. The second-order valence-corrected chi connectivity index (χ2v) is 5.04. The lowest BCUT2D eigenvalue weighted by atomic mass is 10.0. The van der Waals surface area contributed by atoms with Crippen molar-refractivity contribution in [3.63, 3.8) is 0 Å². The zero-order valence-electron chi connectivity index (χ0n) is 12.4. The van der Waals surface area contributed by atoms with E-state index in [1.165, 1.54) is 0 Å². The van der Waals surface area contributed by atoms with Gasteiger partial charge in [-0.2, -0.15) is 0 Å². The molecule has 0 bridgehead atoms. The normalized spacial score (nSPS) is 17.0. The van der Waals surface area contributed by atoms with Crippen molar-refractivity contribution in [3.8, 4) is 11.5 Å². The lowest BCUT2D eigenvalue weighted by molar-refractivity contribution is -0.897. The molecule has 6 heteroatoms. The van der Waals surface area contributed by atoms with E-state index in [4.69, 9.17) is 9.47 Å². The van der Waals surface area contributed by atoms with E-state index < -0.39 is 0 Å². The Balaban J connectivity index is 2.17. The van der Waals surface area contributed by atoms with Crippen LogP contribution in [0.1, 0.15) is 11.1 Å². The van der Waals surface area contributed by atoms with E-state index in [-0.39, 0.29) is 0 Å². The SMILES string of the molecule is COc1ccc2c(c1)CCc1cc(OC)ccc1/[N+]([O-])=[N+]\2[O-]. The summed E-state index contributed by atoms with van der Waals surface area (Å²) in [6.07, 6.45) is 1.28. The van der Waals surface area contributed by atoms with Crippen molar-refractivity contribution in [1.29, 1.82) is 0 Å². The summed E-state index contributed by atoms with van der Waals surface area (Å²) in [7, 11) is 3.14. The first-order valence-electron chi connectivity index (χ1n) is 6.92. The smallest absolute Gasteiger partial charge is 0.291 e. The first-order chi connectivity index (χ1) is 10.6. The van der Waals surface area contributed by atoms with Crippen LogP contribution >= 0.6 is 0 Å². The molecule has 0 aromatic heterocycles. The quantitative estimate of drug-likeness (QED) is 0.630. The average molecular weight is 300 g/mol. The molecule has 0 N–H and O–H groups in total. The average Bonchev–Trinajstić information content (AvgIpc) is 2.57. The van der Waals surface area contributed by atoms with Crippen LogP contribution in [0.15, 0.2) is 36.4 Å². The Morgan fingerprint density at radius 3 is 1.55 bits per heavy atom. The van der Waals surface area contributed by atoms with Gasteiger partial charge >= 0.3 is 0 Å². The fourth-order valence-corrected chi connectivity index (χ4v) is 2.62. The summed E-state index contributed by atoms with van der Waals surface area (Å²) in [6, 6.07) is 10.2. The highest BCUT2D eigenvalue weighted by Gasteiger charge is 2.26. The summed E-state index contributed by atoms with van der Waals surface area (Å²) in [5, 5.41) is 24.7. The number of azo groups is 1. The molecule has 0 spiro atoms. The fraction of sp³-hybridized carbons (Fsp3) is 0.250. The van der Waals surface area contributed by atoms with Gasteiger partial charge in [0.05, 0.1) is 23.9 Å². The molecule has 1 aliphatic heterocycles. The number of rotatable bonds is 2. The highest BCUT2D eigenvalue weighted by atomic mass is 16.6. The van der Waals surface area contributed by atoms with E-state index in [1.807, 2.05) is 0 Å². The van der Waals surface area contributed by atoms with Crippen LogP contribution in [0.4, 0.5) is 11.4 Å². The zero-order valence-corrected chi connectivity index (χ0v) is 12.4. The predicted molar refractivity (Wildman–Crippen MR) is 80.0 cm³/mol. The van der Waals surface area contributed by atoms with E-state index in [1.54, 1.807) is 50.6 Å². The maximum Gasteiger partial charge on any atom is 0.291 e. The third-order valence-electron chi connectivity index (χ3n) is 3.81. The largest absolute Gasteiger partial charge is 0.561 e. The van der Waals surface area contributed by atoms with Crippen LogP contribution in [-0.2, 0) is 12.8 Å². The molecule has 1 heterocycles. The van der Waals surface area contributed by atoms with Gasteiger partial charge in [-0.25, -0.2) is 0 Å². The predicted octanol–water partition coefficient (Wildman–Crippen LogP) is 3.24. The lowest BCUT2D eigenvalue weighted by Crippen LogP contribution is -2.14. The van der Waals surface area contributed by atoms with Gasteiger partial charge in [0.1, 0.15) is 11.5 Å². The highest BCUT2D eigenvalue weighted by molar-refractivity contribution is 5.49. The molecule has 6 nitrogen and oxygen atoms in total. The summed E-state index contributed by atoms with van der Waals surface area (Å²) < 4.78 is 10.4. The second-order valence-electron chi connectivity index (χ2n) is 5.04. The lowest BCUT2D eigenvalue weighted by Gasteiger charge is -2.14. The summed E-state index contributed by atoms with van der Waals surface area (Å²) in [5.74, 6) is 1.33. The van der Waals surface area contributed by atoms with Gasteiger partial charge in [0, 0.05) is 23.3 Å². The van der Waals surface area contributed by atoms with Crippen LogP contribution in [0.2, 0.25) is 0 Å². The Kier molecular flexibility index (Phi) is 3.58. The minimum absolute atomic E-state index is 0.345. The maximum atomic E-state index is 12.4. The number of fused-ring (bicyclic) bond motifs is 2. The molecule has 0 amide bonds. The van der Waals surface area contributed by atoms with Gasteiger partial charge < -0.3 is 19.9 Å².